The number of hydrogen-bond acceptors (Lipinski definition) is 8. The first-order valence-corrected chi connectivity index (χ1v) is 15.3. The molecule has 1 aromatic carbocycles. The van der Waals surface area contributed by atoms with Gasteiger partial charge in [0.1, 0.15) is 29.2 Å². The number of carbonyl (C=O) groups is 4. The molecule has 230 valence electrons. The van der Waals surface area contributed by atoms with Crippen molar-refractivity contribution in [2.75, 3.05) is 44.6 Å². The molecule has 41 heavy (non-hydrogen) atoms. The Morgan fingerprint density at radius 3 is 2.07 bits per heavy atom. The van der Waals surface area contributed by atoms with Gasteiger partial charge >= 0.3 is 6.09 Å². The highest BCUT2D eigenvalue weighted by Gasteiger charge is 2.34. The fraction of sp³-hybridized carbons (Fsp3) is 0.655. The molecule has 0 saturated carbocycles. The zero-order valence-corrected chi connectivity index (χ0v) is 26.3. The molecule has 0 unspecified atom stereocenters. The van der Waals surface area contributed by atoms with Gasteiger partial charge in [0.15, 0.2) is 0 Å². The second-order valence-electron chi connectivity index (χ2n) is 11.4. The molecular weight excluding hydrogens is 548 g/mol. The molecule has 3 N–H and O–H groups in total. The number of ether oxygens (including phenoxy) is 3. The van der Waals surface area contributed by atoms with E-state index in [1.54, 1.807) is 55.6 Å². The largest absolute Gasteiger partial charge is 0.497 e. The number of piperidine rings is 1. The lowest BCUT2D eigenvalue weighted by atomic mass is 9.94. The van der Waals surface area contributed by atoms with Crippen LogP contribution in [0, 0.1) is 11.8 Å². The molecule has 1 saturated heterocycles. The minimum absolute atomic E-state index is 0.163. The smallest absolute Gasteiger partial charge is 0.408 e. The number of nitrogens with one attached hydrogen (secondary N) is 3. The third kappa shape index (κ3) is 11.0. The summed E-state index contributed by atoms with van der Waals surface area (Å²) in [6, 6.07) is 3.60. The lowest BCUT2D eigenvalue weighted by molar-refractivity contribution is -0.138. The molecule has 12 heteroatoms. The predicted octanol–water partition coefficient (Wildman–Crippen LogP) is 3.67. The van der Waals surface area contributed by atoms with E-state index >= 15 is 0 Å². The van der Waals surface area contributed by atoms with Gasteiger partial charge in [0.05, 0.1) is 14.2 Å². The first-order chi connectivity index (χ1) is 19.3. The highest BCUT2D eigenvalue weighted by Crippen LogP contribution is 2.26. The Hall–Kier alpha value is -3.15. The molecule has 2 rings (SSSR count). The van der Waals surface area contributed by atoms with E-state index in [0.717, 1.165) is 0 Å². The SMILES string of the molecule is COc1cc(NC(=O)[C@@H](NC(=O)C2CCN(C(=O)[C@H](CCSC)NC(=O)OC(C)(C)C)CC2)C(C)C)cc(OC)c1. The molecule has 1 heterocycles. The molecule has 0 spiro atoms. The minimum atomic E-state index is -0.756. The van der Waals surface area contributed by atoms with Gasteiger partial charge < -0.3 is 35.1 Å². The van der Waals surface area contributed by atoms with E-state index in [-0.39, 0.29) is 29.6 Å². The Bertz CT molecular complexity index is 1030. The van der Waals surface area contributed by atoms with Crippen LogP contribution in [0.25, 0.3) is 0 Å². The number of amides is 4. The van der Waals surface area contributed by atoms with Crippen molar-refractivity contribution in [3.63, 3.8) is 0 Å². The van der Waals surface area contributed by atoms with Crippen LogP contribution in [0.15, 0.2) is 18.2 Å². The zero-order valence-electron chi connectivity index (χ0n) is 25.5. The second-order valence-corrected chi connectivity index (χ2v) is 12.4. The topological polar surface area (TPSA) is 135 Å². The Labute approximate surface area is 247 Å². The van der Waals surface area contributed by atoms with Crippen LogP contribution in [-0.4, -0.2) is 85.7 Å². The molecule has 1 fully saturated rings. The summed E-state index contributed by atoms with van der Waals surface area (Å²) in [5, 5.41) is 8.48. The molecule has 11 nitrogen and oxygen atoms in total. The number of likely N-dealkylation sites (tertiary alicyclic amines) is 1. The Balaban J connectivity index is 1.99. The van der Waals surface area contributed by atoms with Crippen LogP contribution in [0.1, 0.15) is 53.9 Å². The molecule has 0 aromatic heterocycles. The van der Waals surface area contributed by atoms with Crippen molar-refractivity contribution in [1.82, 2.24) is 15.5 Å². The summed E-state index contributed by atoms with van der Waals surface area (Å²) in [6.45, 7) is 9.80. The molecule has 1 aromatic rings. The van der Waals surface area contributed by atoms with Crippen molar-refractivity contribution >= 4 is 41.3 Å². The Morgan fingerprint density at radius 1 is 1.00 bits per heavy atom. The van der Waals surface area contributed by atoms with E-state index in [2.05, 4.69) is 16.0 Å². The van der Waals surface area contributed by atoms with E-state index in [9.17, 15) is 19.2 Å². The monoisotopic (exact) mass is 594 g/mol. The maximum Gasteiger partial charge on any atom is 0.408 e. The first-order valence-electron chi connectivity index (χ1n) is 13.9. The minimum Gasteiger partial charge on any atom is -0.497 e. The van der Waals surface area contributed by atoms with Crippen LogP contribution in [0.3, 0.4) is 0 Å². The summed E-state index contributed by atoms with van der Waals surface area (Å²) in [6.07, 6.45) is 2.70. The van der Waals surface area contributed by atoms with Gasteiger partial charge in [0.2, 0.25) is 17.7 Å². The molecular formula is C29H46N4O7S. The van der Waals surface area contributed by atoms with Crippen LogP contribution in [0.4, 0.5) is 10.5 Å². The number of hydrogen-bond donors (Lipinski definition) is 3. The second kappa shape index (κ2) is 15.7. The fourth-order valence-corrected chi connectivity index (χ4v) is 4.90. The highest BCUT2D eigenvalue weighted by atomic mass is 32.2. The standard InChI is InChI=1S/C29H46N4O7S/c1-18(2)24(26(35)30-20-15-21(38-6)17-22(16-20)39-7)32-25(34)19-9-12-33(13-10-19)27(36)23(11-14-41-8)31-28(37)40-29(3,4)5/h15-19,23-24H,9-14H2,1-8H3,(H,30,35)(H,31,37)(H,32,34)/t23-,24-/m0/s1. The summed E-state index contributed by atoms with van der Waals surface area (Å²) >= 11 is 1.59. The summed E-state index contributed by atoms with van der Waals surface area (Å²) in [4.78, 5) is 53.6. The van der Waals surface area contributed by atoms with Gasteiger partial charge in [-0.2, -0.15) is 11.8 Å². The van der Waals surface area contributed by atoms with Gasteiger partial charge in [0.25, 0.3) is 0 Å². The van der Waals surface area contributed by atoms with E-state index in [4.69, 9.17) is 14.2 Å². The van der Waals surface area contributed by atoms with Crippen LogP contribution >= 0.6 is 11.8 Å². The maximum atomic E-state index is 13.3. The molecule has 1 aliphatic rings. The van der Waals surface area contributed by atoms with Crippen LogP contribution < -0.4 is 25.4 Å². The van der Waals surface area contributed by atoms with Gasteiger partial charge in [-0.15, -0.1) is 0 Å². The number of methoxy groups -OCH3 is 2. The Morgan fingerprint density at radius 2 is 1.59 bits per heavy atom. The number of rotatable bonds is 12. The average molecular weight is 595 g/mol. The van der Waals surface area contributed by atoms with Crippen LogP contribution in [0.2, 0.25) is 0 Å². The third-order valence-electron chi connectivity index (χ3n) is 6.64. The average Bonchev–Trinajstić information content (AvgIpc) is 2.91. The molecule has 2 atom stereocenters. The predicted molar refractivity (Wildman–Crippen MR) is 160 cm³/mol. The summed E-state index contributed by atoms with van der Waals surface area (Å²) < 4.78 is 15.9. The van der Waals surface area contributed by atoms with E-state index in [1.807, 2.05) is 20.1 Å². The molecule has 0 aliphatic carbocycles. The molecule has 4 amide bonds. The van der Waals surface area contributed by atoms with Crippen molar-refractivity contribution in [2.24, 2.45) is 11.8 Å². The van der Waals surface area contributed by atoms with E-state index in [0.29, 0.717) is 55.3 Å². The third-order valence-corrected chi connectivity index (χ3v) is 7.29. The van der Waals surface area contributed by atoms with Crippen molar-refractivity contribution in [2.45, 2.75) is 71.6 Å². The summed E-state index contributed by atoms with van der Waals surface area (Å²) in [5.74, 6) is 0.508. The van der Waals surface area contributed by atoms with Crippen molar-refractivity contribution in [1.29, 1.82) is 0 Å². The summed E-state index contributed by atoms with van der Waals surface area (Å²) in [7, 11) is 3.05. The van der Waals surface area contributed by atoms with Crippen LogP contribution in [-0.2, 0) is 19.1 Å². The Kier molecular flexibility index (Phi) is 13.1. The van der Waals surface area contributed by atoms with Gasteiger partial charge in [-0.1, -0.05) is 13.8 Å². The number of nitrogens with zero attached hydrogens (tertiary/aromatic N) is 1. The lowest BCUT2D eigenvalue weighted by Crippen LogP contribution is -2.54. The van der Waals surface area contributed by atoms with Gasteiger partial charge in [0, 0.05) is 42.9 Å². The molecule has 1 aliphatic heterocycles. The molecule has 0 radical (unpaired) electrons. The van der Waals surface area contributed by atoms with Crippen LogP contribution in [0.5, 0.6) is 11.5 Å². The fourth-order valence-electron chi connectivity index (χ4n) is 4.43. The number of carbonyl (C=O) groups excluding carboxylic acids is 4. The highest BCUT2D eigenvalue weighted by molar-refractivity contribution is 7.98. The number of alkyl carbamates (subject to hydrolysis) is 1. The van der Waals surface area contributed by atoms with Gasteiger partial charge in [-0.3, -0.25) is 14.4 Å². The first kappa shape index (κ1) is 34.1. The lowest BCUT2D eigenvalue weighted by Gasteiger charge is -2.34. The van der Waals surface area contributed by atoms with Gasteiger partial charge in [-0.05, 0) is 58.0 Å². The molecule has 0 bridgehead atoms. The van der Waals surface area contributed by atoms with Gasteiger partial charge in [-0.25, -0.2) is 4.79 Å². The zero-order chi connectivity index (χ0) is 30.7. The number of thioether (sulfide) groups is 1. The van der Waals surface area contributed by atoms with Crippen molar-refractivity contribution in [3.8, 4) is 11.5 Å². The van der Waals surface area contributed by atoms with Crippen molar-refractivity contribution < 1.29 is 33.4 Å². The van der Waals surface area contributed by atoms with E-state index in [1.165, 1.54) is 14.2 Å². The maximum absolute atomic E-state index is 13.3. The number of benzene rings is 1. The summed E-state index contributed by atoms with van der Waals surface area (Å²) in [5.41, 5.74) is -0.178. The quantitative estimate of drug-likeness (QED) is 0.334. The normalized spacial score (nSPS) is 15.5. The van der Waals surface area contributed by atoms with Crippen molar-refractivity contribution in [3.05, 3.63) is 18.2 Å². The van der Waals surface area contributed by atoms with E-state index < -0.39 is 23.8 Å². The number of anilines is 1.